The number of hydrogen-bond acceptors (Lipinski definition) is 2. The zero-order valence-electron chi connectivity index (χ0n) is 12.3. The molecule has 2 N–H and O–H groups in total. The quantitative estimate of drug-likeness (QED) is 0.750. The van der Waals surface area contributed by atoms with E-state index in [1.54, 1.807) is 12.1 Å². The van der Waals surface area contributed by atoms with Gasteiger partial charge in [0.25, 0.3) is 5.91 Å². The molecule has 3 aromatic rings. The fraction of sp³-hybridized carbons (Fsp3) is 0.0588. The largest absolute Gasteiger partial charge is 0.432 e. The van der Waals surface area contributed by atoms with E-state index in [1.165, 1.54) is 0 Å². The number of carbonyl (C=O) groups is 1. The maximum atomic E-state index is 12.5. The predicted molar refractivity (Wildman–Crippen MR) is 83.4 cm³/mol. The van der Waals surface area contributed by atoms with Crippen molar-refractivity contribution in [2.75, 3.05) is 5.32 Å². The Hall–Kier alpha value is -3.09. The van der Waals surface area contributed by atoms with Gasteiger partial charge in [-0.05, 0) is 23.3 Å². The highest BCUT2D eigenvalue weighted by Gasteiger charge is 2.33. The van der Waals surface area contributed by atoms with Crippen molar-refractivity contribution in [3.63, 3.8) is 0 Å². The van der Waals surface area contributed by atoms with Crippen molar-refractivity contribution in [1.82, 2.24) is 10.2 Å². The Morgan fingerprint density at radius 2 is 1.58 bits per heavy atom. The van der Waals surface area contributed by atoms with E-state index in [9.17, 15) is 18.0 Å². The lowest BCUT2D eigenvalue weighted by Crippen LogP contribution is -2.12. The van der Waals surface area contributed by atoms with E-state index in [0.717, 1.165) is 11.1 Å². The summed E-state index contributed by atoms with van der Waals surface area (Å²) in [6, 6.07) is 17.3. The molecule has 0 radical (unpaired) electrons. The van der Waals surface area contributed by atoms with Gasteiger partial charge in [-0.15, -0.1) is 0 Å². The lowest BCUT2D eigenvalue weighted by Gasteiger charge is -2.05. The van der Waals surface area contributed by atoms with Gasteiger partial charge in [0.2, 0.25) is 0 Å². The minimum Gasteiger partial charge on any atom is -0.321 e. The number of halogens is 3. The fourth-order valence-corrected chi connectivity index (χ4v) is 2.16. The second-order valence-corrected chi connectivity index (χ2v) is 5.06. The molecule has 2 aromatic carbocycles. The molecule has 0 fully saturated rings. The standard InChI is InChI=1S/C17H12F3N3O/c18-17(19,20)15-10-14(22-23-15)16(24)21-13-8-6-12(7-9-13)11-4-2-1-3-5-11/h1-10H,(H,21,24)(H,22,23). The third-order valence-corrected chi connectivity index (χ3v) is 3.37. The first-order valence-electron chi connectivity index (χ1n) is 7.03. The van der Waals surface area contributed by atoms with Crippen LogP contribution in [0.5, 0.6) is 0 Å². The Morgan fingerprint density at radius 1 is 0.958 bits per heavy atom. The number of benzene rings is 2. The molecule has 0 bridgehead atoms. The SMILES string of the molecule is O=C(Nc1ccc(-c2ccccc2)cc1)c1cc(C(F)(F)F)[nH]n1. The van der Waals surface area contributed by atoms with Gasteiger partial charge in [0.05, 0.1) is 0 Å². The van der Waals surface area contributed by atoms with Gasteiger partial charge < -0.3 is 5.32 Å². The highest BCUT2D eigenvalue weighted by atomic mass is 19.4. The second kappa shape index (κ2) is 6.19. The van der Waals surface area contributed by atoms with Crippen molar-refractivity contribution in [3.8, 4) is 11.1 Å². The summed E-state index contributed by atoms with van der Waals surface area (Å²) in [5.74, 6) is -0.714. The molecule has 0 unspecified atom stereocenters. The molecule has 1 aromatic heterocycles. The summed E-state index contributed by atoms with van der Waals surface area (Å²) >= 11 is 0. The van der Waals surface area contributed by atoms with Crippen LogP contribution < -0.4 is 5.32 Å². The van der Waals surface area contributed by atoms with Gasteiger partial charge >= 0.3 is 6.18 Å². The number of carbonyl (C=O) groups excluding carboxylic acids is 1. The van der Waals surface area contributed by atoms with Crippen molar-refractivity contribution in [2.24, 2.45) is 0 Å². The van der Waals surface area contributed by atoms with Crippen molar-refractivity contribution >= 4 is 11.6 Å². The Bertz CT molecular complexity index is 840. The molecular weight excluding hydrogens is 319 g/mol. The van der Waals surface area contributed by atoms with Crippen LogP contribution in [0.15, 0.2) is 60.7 Å². The molecule has 1 amide bonds. The molecule has 4 nitrogen and oxygen atoms in total. The Kier molecular flexibility index (Phi) is 4.07. The van der Waals surface area contributed by atoms with Crippen LogP contribution in [0.2, 0.25) is 0 Å². The maximum Gasteiger partial charge on any atom is 0.432 e. The predicted octanol–water partition coefficient (Wildman–Crippen LogP) is 4.35. The van der Waals surface area contributed by atoms with Crippen LogP contribution in [0.4, 0.5) is 18.9 Å². The van der Waals surface area contributed by atoms with Crippen LogP contribution in [0, 0.1) is 0 Å². The van der Waals surface area contributed by atoms with Crippen LogP contribution in [-0.4, -0.2) is 16.1 Å². The van der Waals surface area contributed by atoms with E-state index < -0.39 is 17.8 Å². The van der Waals surface area contributed by atoms with E-state index in [1.807, 2.05) is 47.6 Å². The number of nitrogens with one attached hydrogen (secondary N) is 2. The highest BCUT2D eigenvalue weighted by molar-refractivity contribution is 6.03. The number of aromatic nitrogens is 2. The van der Waals surface area contributed by atoms with E-state index in [4.69, 9.17) is 0 Å². The molecular formula is C17H12F3N3O. The minimum absolute atomic E-state index is 0.325. The van der Waals surface area contributed by atoms with Crippen LogP contribution in [0.25, 0.3) is 11.1 Å². The normalized spacial score (nSPS) is 11.3. The number of H-pyrrole nitrogens is 1. The maximum absolute atomic E-state index is 12.5. The molecule has 0 aliphatic rings. The Balaban J connectivity index is 1.72. The van der Waals surface area contributed by atoms with Crippen molar-refractivity contribution in [2.45, 2.75) is 6.18 Å². The van der Waals surface area contributed by atoms with E-state index in [0.29, 0.717) is 11.8 Å². The van der Waals surface area contributed by atoms with Crippen molar-refractivity contribution < 1.29 is 18.0 Å². The lowest BCUT2D eigenvalue weighted by atomic mass is 10.1. The third kappa shape index (κ3) is 3.45. The average molecular weight is 331 g/mol. The molecule has 3 rings (SSSR count). The van der Waals surface area contributed by atoms with Crippen LogP contribution in [0.3, 0.4) is 0 Å². The topological polar surface area (TPSA) is 57.8 Å². The molecule has 7 heteroatoms. The summed E-state index contributed by atoms with van der Waals surface area (Å²) in [7, 11) is 0. The van der Waals surface area contributed by atoms with Gasteiger partial charge in [0.15, 0.2) is 5.69 Å². The highest BCUT2D eigenvalue weighted by Crippen LogP contribution is 2.28. The lowest BCUT2D eigenvalue weighted by molar-refractivity contribution is -0.141. The van der Waals surface area contributed by atoms with Crippen LogP contribution in [-0.2, 0) is 6.18 Å². The third-order valence-electron chi connectivity index (χ3n) is 3.37. The number of amides is 1. The zero-order chi connectivity index (χ0) is 17.2. The van der Waals surface area contributed by atoms with Crippen molar-refractivity contribution in [3.05, 3.63) is 72.1 Å². The zero-order valence-corrected chi connectivity index (χ0v) is 12.3. The molecule has 0 spiro atoms. The smallest absolute Gasteiger partial charge is 0.321 e. The molecule has 0 saturated heterocycles. The summed E-state index contributed by atoms with van der Waals surface area (Å²) in [5, 5.41) is 7.71. The number of hydrogen-bond donors (Lipinski definition) is 2. The number of aromatic amines is 1. The van der Waals surface area contributed by atoms with Crippen molar-refractivity contribution in [1.29, 1.82) is 0 Å². The molecule has 1 heterocycles. The first-order chi connectivity index (χ1) is 11.4. The fourth-order valence-electron chi connectivity index (χ4n) is 2.16. The molecule has 0 saturated carbocycles. The molecule has 0 atom stereocenters. The Labute approximate surface area is 135 Å². The first kappa shape index (κ1) is 15.8. The van der Waals surface area contributed by atoms with E-state index in [2.05, 4.69) is 10.4 Å². The van der Waals surface area contributed by atoms with Gasteiger partial charge in [-0.25, -0.2) is 0 Å². The minimum atomic E-state index is -4.57. The molecule has 0 aliphatic heterocycles. The first-order valence-corrected chi connectivity index (χ1v) is 7.03. The van der Waals surface area contributed by atoms with Gasteiger partial charge in [0.1, 0.15) is 5.69 Å². The van der Waals surface area contributed by atoms with Crippen LogP contribution in [0.1, 0.15) is 16.2 Å². The van der Waals surface area contributed by atoms with E-state index >= 15 is 0 Å². The molecule has 24 heavy (non-hydrogen) atoms. The summed E-state index contributed by atoms with van der Waals surface area (Å²) in [5.41, 5.74) is 1.07. The second-order valence-electron chi connectivity index (χ2n) is 5.06. The average Bonchev–Trinajstić information content (AvgIpc) is 3.07. The van der Waals surface area contributed by atoms with Gasteiger partial charge in [-0.1, -0.05) is 42.5 Å². The number of anilines is 1. The monoisotopic (exact) mass is 331 g/mol. The number of alkyl halides is 3. The number of rotatable bonds is 3. The Morgan fingerprint density at radius 3 is 2.17 bits per heavy atom. The summed E-state index contributed by atoms with van der Waals surface area (Å²) < 4.78 is 37.5. The molecule has 0 aliphatic carbocycles. The summed E-state index contributed by atoms with van der Waals surface area (Å²) in [4.78, 5) is 11.9. The van der Waals surface area contributed by atoms with Gasteiger partial charge in [0, 0.05) is 11.8 Å². The van der Waals surface area contributed by atoms with Crippen LogP contribution >= 0.6 is 0 Å². The van der Waals surface area contributed by atoms with Gasteiger partial charge in [-0.3, -0.25) is 9.89 Å². The van der Waals surface area contributed by atoms with E-state index in [-0.39, 0.29) is 5.69 Å². The van der Waals surface area contributed by atoms with Gasteiger partial charge in [-0.2, -0.15) is 18.3 Å². The summed E-state index contributed by atoms with van der Waals surface area (Å²) in [6.45, 7) is 0. The number of nitrogens with zero attached hydrogens (tertiary/aromatic N) is 1. The summed E-state index contributed by atoms with van der Waals surface area (Å²) in [6.07, 6.45) is -4.57. The molecule has 122 valence electrons.